The van der Waals surface area contributed by atoms with Crippen LogP contribution >= 0.6 is 11.8 Å². The normalized spacial score (nSPS) is 17.2. The van der Waals surface area contributed by atoms with Crippen molar-refractivity contribution in [3.05, 3.63) is 76.8 Å². The van der Waals surface area contributed by atoms with Gasteiger partial charge in [-0.1, -0.05) is 73.6 Å². The lowest BCUT2D eigenvalue weighted by atomic mass is 10.00. The van der Waals surface area contributed by atoms with Gasteiger partial charge in [-0.2, -0.15) is 0 Å². The van der Waals surface area contributed by atoms with Gasteiger partial charge in [0, 0.05) is 21.9 Å². The number of ether oxygens (including phenoxy) is 1. The summed E-state index contributed by atoms with van der Waals surface area (Å²) in [4.78, 5) is 18.3. The van der Waals surface area contributed by atoms with Crippen LogP contribution in [0.4, 0.5) is 0 Å². The molecule has 162 valence electrons. The van der Waals surface area contributed by atoms with Gasteiger partial charge < -0.3 is 4.74 Å². The largest absolute Gasteiger partial charge is 0.496 e. The van der Waals surface area contributed by atoms with E-state index in [0.29, 0.717) is 10.9 Å². The number of nitrogens with zero attached hydrogens (tertiary/aromatic N) is 3. The molecule has 0 saturated heterocycles. The highest BCUT2D eigenvalue weighted by Gasteiger charge is 2.35. The zero-order valence-electron chi connectivity index (χ0n) is 18.0. The molecule has 3 aromatic carbocycles. The van der Waals surface area contributed by atoms with Crippen molar-refractivity contribution < 1.29 is 9.53 Å². The lowest BCUT2D eigenvalue weighted by Crippen LogP contribution is -2.50. The highest BCUT2D eigenvalue weighted by atomic mass is 32.2. The molecular formula is C25H24N4O2S. The monoisotopic (exact) mass is 444 g/mol. The van der Waals surface area contributed by atoms with E-state index in [4.69, 9.17) is 14.8 Å². The van der Waals surface area contributed by atoms with Crippen molar-refractivity contribution in [2.24, 2.45) is 10.1 Å². The summed E-state index contributed by atoms with van der Waals surface area (Å²) in [6.45, 7) is 2.15. The van der Waals surface area contributed by atoms with Crippen molar-refractivity contribution in [3.8, 4) is 5.75 Å². The van der Waals surface area contributed by atoms with Gasteiger partial charge in [0.15, 0.2) is 11.3 Å². The number of hydrogen-bond acceptors (Lipinski definition) is 6. The van der Waals surface area contributed by atoms with Gasteiger partial charge in [-0.3, -0.25) is 15.1 Å². The summed E-state index contributed by atoms with van der Waals surface area (Å²) in [6.07, 6.45) is 1.71. The molecule has 6 nitrogen and oxygen atoms in total. The van der Waals surface area contributed by atoms with E-state index in [-0.39, 0.29) is 5.91 Å². The predicted molar refractivity (Wildman–Crippen MR) is 129 cm³/mol. The Kier molecular flexibility index (Phi) is 5.57. The highest BCUT2D eigenvalue weighted by Crippen LogP contribution is 2.37. The second-order valence-corrected chi connectivity index (χ2v) is 8.76. The Morgan fingerprint density at radius 1 is 1.06 bits per heavy atom. The quantitative estimate of drug-likeness (QED) is 0.612. The molecule has 1 N–H and O–H groups in total. The molecule has 0 fully saturated rings. The van der Waals surface area contributed by atoms with Crippen molar-refractivity contribution in [1.82, 2.24) is 10.3 Å². The van der Waals surface area contributed by atoms with Gasteiger partial charge >= 0.3 is 0 Å². The first-order valence-corrected chi connectivity index (χ1v) is 11.7. The summed E-state index contributed by atoms with van der Waals surface area (Å²) < 4.78 is 5.58. The Labute approximate surface area is 190 Å². The fourth-order valence-electron chi connectivity index (χ4n) is 4.11. The zero-order chi connectivity index (χ0) is 22.1. The highest BCUT2D eigenvalue weighted by molar-refractivity contribution is 8.13. The van der Waals surface area contributed by atoms with Gasteiger partial charge in [0.05, 0.1) is 12.5 Å². The number of amides is 1. The zero-order valence-corrected chi connectivity index (χ0v) is 18.9. The van der Waals surface area contributed by atoms with E-state index in [2.05, 4.69) is 18.3 Å². The first kappa shape index (κ1) is 20.6. The first-order chi connectivity index (χ1) is 15.7. The first-order valence-electron chi connectivity index (χ1n) is 10.8. The number of thioether (sulfide) groups is 1. The maximum absolute atomic E-state index is 13.2. The number of benzene rings is 3. The van der Waals surface area contributed by atoms with E-state index in [1.54, 1.807) is 23.9 Å². The third kappa shape index (κ3) is 3.52. The van der Waals surface area contributed by atoms with E-state index in [0.717, 1.165) is 51.3 Å². The number of fused-ring (bicyclic) bond motifs is 3. The Morgan fingerprint density at radius 3 is 2.66 bits per heavy atom. The summed E-state index contributed by atoms with van der Waals surface area (Å²) in [6, 6.07) is 19.8. The summed E-state index contributed by atoms with van der Waals surface area (Å²) >= 11 is 1.57. The lowest BCUT2D eigenvalue weighted by molar-refractivity contribution is -0.116. The number of carbonyl (C=O) groups is 1. The minimum absolute atomic E-state index is 0.149. The van der Waals surface area contributed by atoms with E-state index in [1.807, 2.05) is 54.6 Å². The molecule has 7 heteroatoms. The smallest absolute Gasteiger partial charge is 0.276 e. The van der Waals surface area contributed by atoms with Crippen LogP contribution in [0.5, 0.6) is 5.75 Å². The van der Waals surface area contributed by atoms with Crippen LogP contribution in [0, 0.1) is 0 Å². The SMILES string of the molecule is CCCCSC1=NN2C(=c3ccccc3=N[C@@H]2c2ccc(OC)c3ccccc23)C(=O)N1. The number of para-hydroxylation sites is 1. The van der Waals surface area contributed by atoms with E-state index >= 15 is 0 Å². The molecule has 32 heavy (non-hydrogen) atoms. The second-order valence-electron chi connectivity index (χ2n) is 7.68. The maximum Gasteiger partial charge on any atom is 0.276 e. The number of rotatable bonds is 5. The van der Waals surface area contributed by atoms with Gasteiger partial charge in [0.25, 0.3) is 5.91 Å². The second kappa shape index (κ2) is 8.67. The molecule has 0 spiro atoms. The Morgan fingerprint density at radius 2 is 1.84 bits per heavy atom. The number of hydrazone groups is 1. The average Bonchev–Trinajstić information content (AvgIpc) is 2.83. The molecule has 2 heterocycles. The van der Waals surface area contributed by atoms with E-state index in [9.17, 15) is 4.79 Å². The minimum atomic E-state index is -0.455. The van der Waals surface area contributed by atoms with Crippen molar-refractivity contribution in [1.29, 1.82) is 0 Å². The van der Waals surface area contributed by atoms with Gasteiger partial charge in [-0.15, -0.1) is 5.10 Å². The molecule has 2 aliphatic heterocycles. The maximum atomic E-state index is 13.2. The number of carbonyl (C=O) groups excluding carboxylic acids is 1. The number of amidine groups is 1. The standard InChI is InChI=1S/C25H24N4O2S/c1-3-4-15-32-25-27-24(30)22-19-11-7-8-12-20(19)26-23(29(22)28-25)18-13-14-21(31-2)17-10-6-5-9-16(17)18/h5-14,23H,3-4,15H2,1-2H3,(H,27,28,30)/t23-/m0/s1. The third-order valence-electron chi connectivity index (χ3n) is 5.67. The van der Waals surface area contributed by atoms with E-state index in [1.165, 1.54) is 0 Å². The molecule has 1 atom stereocenters. The molecule has 0 aromatic heterocycles. The number of unbranched alkanes of at least 4 members (excludes halogenated alkanes) is 1. The van der Waals surface area contributed by atoms with Crippen LogP contribution in [0.1, 0.15) is 31.5 Å². The third-order valence-corrected chi connectivity index (χ3v) is 6.62. The van der Waals surface area contributed by atoms with Crippen LogP contribution in [0.3, 0.4) is 0 Å². The molecule has 2 aliphatic rings. The Bertz CT molecular complexity index is 1350. The fraction of sp³-hybridized carbons (Fsp3) is 0.240. The lowest BCUT2D eigenvalue weighted by Gasteiger charge is -2.34. The topological polar surface area (TPSA) is 66.3 Å². The van der Waals surface area contributed by atoms with Crippen LogP contribution in [0.15, 0.2) is 70.8 Å². The van der Waals surface area contributed by atoms with Crippen molar-refractivity contribution >= 4 is 39.3 Å². The van der Waals surface area contributed by atoms with E-state index < -0.39 is 6.17 Å². The molecule has 1 amide bonds. The molecule has 5 rings (SSSR count). The molecule has 0 bridgehead atoms. The van der Waals surface area contributed by atoms with Crippen LogP contribution in [0.2, 0.25) is 0 Å². The predicted octanol–water partition coefficient (Wildman–Crippen LogP) is 3.52. The molecular weight excluding hydrogens is 420 g/mol. The average molecular weight is 445 g/mol. The summed E-state index contributed by atoms with van der Waals surface area (Å²) in [7, 11) is 1.67. The molecule has 0 aliphatic carbocycles. The molecule has 0 saturated carbocycles. The van der Waals surface area contributed by atoms with Gasteiger partial charge in [-0.25, -0.2) is 5.01 Å². The van der Waals surface area contributed by atoms with Gasteiger partial charge in [0.1, 0.15) is 11.4 Å². The van der Waals surface area contributed by atoms with Crippen LogP contribution < -0.4 is 20.6 Å². The summed E-state index contributed by atoms with van der Waals surface area (Å²) in [5, 5.41) is 13.8. The van der Waals surface area contributed by atoms with Crippen LogP contribution in [-0.2, 0) is 4.79 Å². The molecule has 0 radical (unpaired) electrons. The van der Waals surface area contributed by atoms with Crippen LogP contribution in [0.25, 0.3) is 16.5 Å². The summed E-state index contributed by atoms with van der Waals surface area (Å²) in [5.74, 6) is 1.56. The number of methoxy groups -OCH3 is 1. The molecule has 0 unspecified atom stereocenters. The molecule has 3 aromatic rings. The van der Waals surface area contributed by atoms with Crippen LogP contribution in [-0.4, -0.2) is 28.9 Å². The Balaban J connectivity index is 1.71. The fourth-order valence-corrected chi connectivity index (χ4v) is 5.04. The summed E-state index contributed by atoms with van der Waals surface area (Å²) in [5.41, 5.74) is 1.50. The minimum Gasteiger partial charge on any atom is -0.496 e. The van der Waals surface area contributed by atoms with Crippen molar-refractivity contribution in [3.63, 3.8) is 0 Å². The van der Waals surface area contributed by atoms with Crippen molar-refractivity contribution in [2.75, 3.05) is 12.9 Å². The number of nitrogens with one attached hydrogen (secondary N) is 1. The van der Waals surface area contributed by atoms with Gasteiger partial charge in [-0.05, 0) is 23.9 Å². The number of hydrogen-bond donors (Lipinski definition) is 1. The Hall–Kier alpha value is -3.32. The van der Waals surface area contributed by atoms with Crippen molar-refractivity contribution in [2.45, 2.75) is 25.9 Å². The van der Waals surface area contributed by atoms with Gasteiger partial charge in [0.2, 0.25) is 0 Å².